The predicted molar refractivity (Wildman–Crippen MR) is 113 cm³/mol. The van der Waals surface area contributed by atoms with Crippen molar-refractivity contribution in [3.05, 3.63) is 90.0 Å². The number of carboxylic acids is 2. The highest BCUT2D eigenvalue weighted by Gasteiger charge is 2.37. The van der Waals surface area contributed by atoms with E-state index in [-0.39, 0.29) is 19.3 Å². The molecule has 0 fully saturated rings. The second-order valence-electron chi connectivity index (χ2n) is 6.32. The maximum Gasteiger partial charge on any atom is 0.336 e. The molecule has 0 aliphatic rings. The Hall–Kier alpha value is -3.74. The molecule has 32 heavy (non-hydrogen) atoms. The fraction of sp³-hybridized carbons (Fsp3) is 0. The van der Waals surface area contributed by atoms with Gasteiger partial charge in [0, 0.05) is 3.82 Å². The highest BCUT2D eigenvalue weighted by atomic mass is 32.3. The molecule has 0 aromatic heterocycles. The SMILES string of the molecule is O=C(O)c1ccc(NN(S(=O)(=O)c2ccccc2)S(=O)(=O)c2ccccc2)cc1C(=O)O. The zero-order valence-corrected chi connectivity index (χ0v) is 17.7. The van der Waals surface area contributed by atoms with Crippen LogP contribution >= 0.6 is 0 Å². The van der Waals surface area contributed by atoms with E-state index in [1.807, 2.05) is 0 Å². The van der Waals surface area contributed by atoms with E-state index >= 15 is 0 Å². The molecule has 0 aliphatic heterocycles. The van der Waals surface area contributed by atoms with Crippen molar-refractivity contribution in [1.82, 2.24) is 3.82 Å². The summed E-state index contributed by atoms with van der Waals surface area (Å²) in [5.41, 5.74) is 0.742. The molecule has 3 rings (SSSR count). The molecular weight excluding hydrogens is 460 g/mol. The number of anilines is 1. The third kappa shape index (κ3) is 4.46. The van der Waals surface area contributed by atoms with Gasteiger partial charge in [-0.1, -0.05) is 36.4 Å². The van der Waals surface area contributed by atoms with Gasteiger partial charge in [-0.3, -0.25) is 5.43 Å². The van der Waals surface area contributed by atoms with Crippen molar-refractivity contribution in [2.75, 3.05) is 5.43 Å². The van der Waals surface area contributed by atoms with Gasteiger partial charge < -0.3 is 10.2 Å². The van der Waals surface area contributed by atoms with Gasteiger partial charge in [0.05, 0.1) is 26.6 Å². The Balaban J connectivity index is 2.18. The molecule has 3 aromatic carbocycles. The summed E-state index contributed by atoms with van der Waals surface area (Å²) < 4.78 is 52.9. The number of carboxylic acid groups (broad SMARTS) is 2. The lowest BCUT2D eigenvalue weighted by molar-refractivity contribution is 0.0651. The lowest BCUT2D eigenvalue weighted by atomic mass is 10.1. The summed E-state index contributed by atoms with van der Waals surface area (Å²) in [4.78, 5) is 22.0. The van der Waals surface area contributed by atoms with Crippen LogP contribution < -0.4 is 5.43 Å². The highest BCUT2D eigenvalue weighted by molar-refractivity contribution is 8.04. The summed E-state index contributed by atoms with van der Waals surface area (Å²) in [5, 5.41) is 18.5. The molecular formula is C20H16N2O8S2. The minimum atomic E-state index is -4.69. The Morgan fingerprint density at radius 2 is 1.09 bits per heavy atom. The molecule has 0 amide bonds. The zero-order chi connectivity index (χ0) is 23.5. The number of nitrogens with one attached hydrogen (secondary N) is 1. The van der Waals surface area contributed by atoms with Crippen LogP contribution in [0.5, 0.6) is 0 Å². The van der Waals surface area contributed by atoms with Crippen molar-refractivity contribution in [2.45, 2.75) is 9.79 Å². The van der Waals surface area contributed by atoms with Gasteiger partial charge in [-0.2, -0.15) is 0 Å². The number of hydrogen-bond donors (Lipinski definition) is 3. The van der Waals surface area contributed by atoms with Gasteiger partial charge in [0.2, 0.25) is 0 Å². The van der Waals surface area contributed by atoms with Crippen LogP contribution in [0.25, 0.3) is 0 Å². The molecule has 166 valence electrons. The Morgan fingerprint density at radius 1 is 0.656 bits per heavy atom. The molecule has 0 saturated carbocycles. The molecule has 0 saturated heterocycles. The van der Waals surface area contributed by atoms with Crippen LogP contribution in [-0.2, 0) is 20.0 Å². The van der Waals surface area contributed by atoms with Crippen molar-refractivity contribution in [3.8, 4) is 0 Å². The van der Waals surface area contributed by atoms with Gasteiger partial charge in [0.25, 0.3) is 20.0 Å². The Labute approximate surface area is 183 Å². The average Bonchev–Trinajstić information content (AvgIpc) is 2.78. The number of aromatic carboxylic acids is 2. The maximum atomic E-state index is 13.2. The van der Waals surface area contributed by atoms with Gasteiger partial charge in [-0.25, -0.2) is 26.4 Å². The summed E-state index contributed by atoms with van der Waals surface area (Å²) >= 11 is 0. The standard InChI is InChI=1S/C20H16N2O8S2/c23-19(24)17-12-11-14(13-18(17)20(25)26)21-22(31(27,28)15-7-3-1-4-8-15)32(29,30)16-9-5-2-6-10-16/h1-13,21H,(H,23,24)(H,25,26). The Kier molecular flexibility index (Phi) is 6.30. The molecule has 0 spiro atoms. The zero-order valence-electron chi connectivity index (χ0n) is 16.1. The monoisotopic (exact) mass is 476 g/mol. The number of rotatable bonds is 8. The van der Waals surface area contributed by atoms with Gasteiger partial charge in [-0.05, 0) is 42.5 Å². The number of hydrazine groups is 1. The van der Waals surface area contributed by atoms with Gasteiger partial charge in [-0.15, -0.1) is 0 Å². The van der Waals surface area contributed by atoms with Crippen molar-refractivity contribution in [2.24, 2.45) is 0 Å². The number of carbonyl (C=O) groups is 2. The second-order valence-corrected chi connectivity index (χ2v) is 10.1. The topological polar surface area (TPSA) is 158 Å². The molecule has 0 bridgehead atoms. The van der Waals surface area contributed by atoms with Gasteiger partial charge in [0.15, 0.2) is 0 Å². The predicted octanol–water partition coefficient (Wildman–Crippen LogP) is 2.49. The van der Waals surface area contributed by atoms with E-state index in [4.69, 9.17) is 5.11 Å². The van der Waals surface area contributed by atoms with Crippen LogP contribution in [0.4, 0.5) is 5.69 Å². The third-order valence-corrected chi connectivity index (χ3v) is 8.19. The summed E-state index contributed by atoms with van der Waals surface area (Å²) in [6, 6.07) is 16.3. The molecule has 3 aromatic rings. The number of hydrogen-bond acceptors (Lipinski definition) is 7. The number of benzene rings is 3. The summed E-state index contributed by atoms with van der Waals surface area (Å²) in [5.74, 6) is -3.10. The van der Waals surface area contributed by atoms with Crippen LogP contribution in [-0.4, -0.2) is 42.8 Å². The minimum Gasteiger partial charge on any atom is -0.478 e. The quantitative estimate of drug-likeness (QED) is 0.415. The van der Waals surface area contributed by atoms with Crippen LogP contribution in [0.1, 0.15) is 20.7 Å². The molecule has 12 heteroatoms. The van der Waals surface area contributed by atoms with E-state index in [1.54, 1.807) is 12.1 Å². The lowest BCUT2D eigenvalue weighted by Gasteiger charge is -2.23. The normalized spacial score (nSPS) is 11.8. The Morgan fingerprint density at radius 3 is 1.50 bits per heavy atom. The van der Waals surface area contributed by atoms with Gasteiger partial charge in [0.1, 0.15) is 0 Å². The minimum absolute atomic E-state index is 0.0199. The molecule has 0 unspecified atom stereocenters. The summed E-state index contributed by atoms with van der Waals surface area (Å²) in [6.45, 7) is 0. The van der Waals surface area contributed by atoms with E-state index in [0.29, 0.717) is 0 Å². The smallest absolute Gasteiger partial charge is 0.336 e. The van der Waals surface area contributed by atoms with Crippen LogP contribution in [0.2, 0.25) is 0 Å². The maximum absolute atomic E-state index is 13.2. The number of sulfonamides is 2. The van der Waals surface area contributed by atoms with E-state index < -0.39 is 43.1 Å². The molecule has 0 atom stereocenters. The largest absolute Gasteiger partial charge is 0.478 e. The molecule has 0 radical (unpaired) electrons. The molecule has 0 aliphatic carbocycles. The third-order valence-electron chi connectivity index (χ3n) is 4.22. The first-order valence-corrected chi connectivity index (χ1v) is 11.7. The Bertz CT molecular complexity index is 1300. The first-order valence-electron chi connectivity index (χ1n) is 8.83. The van der Waals surface area contributed by atoms with Crippen molar-refractivity contribution in [3.63, 3.8) is 0 Å². The van der Waals surface area contributed by atoms with Crippen molar-refractivity contribution < 1.29 is 36.6 Å². The summed E-state index contributed by atoms with van der Waals surface area (Å²) in [7, 11) is -9.39. The van der Waals surface area contributed by atoms with Crippen LogP contribution in [0, 0.1) is 0 Å². The lowest BCUT2D eigenvalue weighted by Crippen LogP contribution is -2.41. The van der Waals surface area contributed by atoms with E-state index in [0.717, 1.165) is 18.2 Å². The fourth-order valence-corrected chi connectivity index (χ4v) is 6.09. The van der Waals surface area contributed by atoms with Crippen molar-refractivity contribution >= 4 is 37.7 Å². The van der Waals surface area contributed by atoms with Gasteiger partial charge >= 0.3 is 11.9 Å². The van der Waals surface area contributed by atoms with Crippen molar-refractivity contribution in [1.29, 1.82) is 0 Å². The fourth-order valence-electron chi connectivity index (χ4n) is 2.71. The first-order chi connectivity index (χ1) is 15.0. The average molecular weight is 476 g/mol. The number of nitrogens with zero attached hydrogens (tertiary/aromatic N) is 1. The molecule has 3 N–H and O–H groups in total. The van der Waals surface area contributed by atoms with E-state index in [2.05, 4.69) is 5.43 Å². The first kappa shape index (κ1) is 22.9. The van der Waals surface area contributed by atoms with Crippen LogP contribution in [0.15, 0.2) is 88.7 Å². The molecule has 10 nitrogen and oxygen atoms in total. The second kappa shape index (κ2) is 8.78. The van der Waals surface area contributed by atoms with Crippen LogP contribution in [0.3, 0.4) is 0 Å². The summed E-state index contributed by atoms with van der Waals surface area (Å²) in [6.07, 6.45) is 0. The van der Waals surface area contributed by atoms with E-state index in [9.17, 15) is 31.5 Å². The highest BCUT2D eigenvalue weighted by Crippen LogP contribution is 2.26. The van der Waals surface area contributed by atoms with E-state index in [1.165, 1.54) is 48.5 Å². The molecule has 0 heterocycles.